The fourth-order valence-electron chi connectivity index (χ4n) is 3.47. The van der Waals surface area contributed by atoms with E-state index >= 15 is 0 Å². The first-order valence-electron chi connectivity index (χ1n) is 7.52. The number of hydrogen-bond donors (Lipinski definition) is 0. The second kappa shape index (κ2) is 4.38. The highest BCUT2D eigenvalue weighted by Crippen LogP contribution is 2.50. The Morgan fingerprint density at radius 1 is 0.773 bits per heavy atom. The summed E-state index contributed by atoms with van der Waals surface area (Å²) >= 11 is 0. The molecule has 0 atom stereocenters. The van der Waals surface area contributed by atoms with Gasteiger partial charge in [-0.2, -0.15) is 0 Å². The van der Waals surface area contributed by atoms with Gasteiger partial charge in [0.05, 0.1) is 5.56 Å². The zero-order valence-corrected chi connectivity index (χ0v) is 12.0. The molecule has 106 valence electrons. The van der Waals surface area contributed by atoms with E-state index in [1.165, 1.54) is 22.1 Å². The first-order chi connectivity index (χ1) is 10.9. The molecule has 0 amide bonds. The number of rotatable bonds is 0. The maximum Gasteiger partial charge on any atom is 0.139 e. The average molecular weight is 286 g/mol. The summed E-state index contributed by atoms with van der Waals surface area (Å²) in [6, 6.07) is 16.9. The van der Waals surface area contributed by atoms with Crippen LogP contribution in [0.2, 0.25) is 0 Å². The molecule has 0 unspecified atom stereocenters. The van der Waals surface area contributed by atoms with Crippen LogP contribution in [0, 0.1) is 0 Å². The molecule has 3 aromatic carbocycles. The van der Waals surface area contributed by atoms with Crippen molar-refractivity contribution in [2.45, 2.75) is 6.61 Å². The van der Waals surface area contributed by atoms with E-state index in [9.17, 15) is 0 Å². The number of ether oxygens (including phenoxy) is 2. The predicted octanol–water partition coefficient (Wildman–Crippen LogP) is 4.80. The fraction of sp³-hybridized carbons (Fsp3) is 0.100. The molecular weight excluding hydrogens is 272 g/mol. The molecule has 0 aliphatic carbocycles. The van der Waals surface area contributed by atoms with Crippen molar-refractivity contribution in [3.05, 3.63) is 65.7 Å². The van der Waals surface area contributed by atoms with Gasteiger partial charge in [0.2, 0.25) is 0 Å². The SMILES string of the molecule is C1=Cc2c3c(c4ccccc4c2OC1)-c1ccccc1CO3. The second-order valence-corrected chi connectivity index (χ2v) is 5.65. The summed E-state index contributed by atoms with van der Waals surface area (Å²) in [5, 5.41) is 2.35. The summed E-state index contributed by atoms with van der Waals surface area (Å²) < 4.78 is 12.0. The Morgan fingerprint density at radius 2 is 1.59 bits per heavy atom. The lowest BCUT2D eigenvalue weighted by Crippen LogP contribution is -2.10. The van der Waals surface area contributed by atoms with Crippen molar-refractivity contribution >= 4 is 16.8 Å². The molecule has 22 heavy (non-hydrogen) atoms. The van der Waals surface area contributed by atoms with E-state index in [1.54, 1.807) is 0 Å². The van der Waals surface area contributed by atoms with Crippen LogP contribution in [-0.4, -0.2) is 6.61 Å². The fourth-order valence-corrected chi connectivity index (χ4v) is 3.47. The molecule has 2 heteroatoms. The van der Waals surface area contributed by atoms with Crippen molar-refractivity contribution in [3.8, 4) is 22.6 Å². The highest BCUT2D eigenvalue weighted by atomic mass is 16.5. The van der Waals surface area contributed by atoms with E-state index in [0.29, 0.717) is 13.2 Å². The van der Waals surface area contributed by atoms with Crippen LogP contribution in [0.1, 0.15) is 11.1 Å². The zero-order chi connectivity index (χ0) is 14.5. The number of benzene rings is 3. The van der Waals surface area contributed by atoms with Crippen molar-refractivity contribution in [2.75, 3.05) is 6.61 Å². The van der Waals surface area contributed by atoms with Gasteiger partial charge in [-0.3, -0.25) is 0 Å². The minimum atomic E-state index is 0.613. The lowest BCUT2D eigenvalue weighted by molar-refractivity contribution is 0.297. The van der Waals surface area contributed by atoms with Crippen LogP contribution in [0.15, 0.2) is 54.6 Å². The Morgan fingerprint density at radius 3 is 2.55 bits per heavy atom. The standard InChI is InChI=1S/C20H14O2/c1-2-7-14-13(6-1)12-22-20-17-10-5-11-21-19(17)16-9-4-3-8-15(16)18(14)20/h1-10H,11-12H2. The lowest BCUT2D eigenvalue weighted by atomic mass is 9.89. The molecule has 2 heterocycles. The molecule has 0 N–H and O–H groups in total. The van der Waals surface area contributed by atoms with Crippen LogP contribution in [0.25, 0.3) is 28.0 Å². The van der Waals surface area contributed by atoms with Crippen molar-refractivity contribution in [3.63, 3.8) is 0 Å². The van der Waals surface area contributed by atoms with Crippen molar-refractivity contribution in [1.82, 2.24) is 0 Å². The molecule has 0 aromatic heterocycles. The van der Waals surface area contributed by atoms with Gasteiger partial charge in [-0.05, 0) is 28.7 Å². The summed E-state index contributed by atoms with van der Waals surface area (Å²) in [4.78, 5) is 0. The van der Waals surface area contributed by atoms with Gasteiger partial charge in [0.1, 0.15) is 24.7 Å². The van der Waals surface area contributed by atoms with Crippen LogP contribution in [0.4, 0.5) is 0 Å². The number of hydrogen-bond acceptors (Lipinski definition) is 2. The molecule has 0 bridgehead atoms. The molecule has 0 spiro atoms. The maximum atomic E-state index is 6.13. The molecule has 0 fully saturated rings. The molecule has 3 aromatic rings. The van der Waals surface area contributed by atoms with Gasteiger partial charge in [-0.25, -0.2) is 0 Å². The van der Waals surface area contributed by atoms with Crippen LogP contribution >= 0.6 is 0 Å². The third-order valence-electron chi connectivity index (χ3n) is 4.42. The van der Waals surface area contributed by atoms with Gasteiger partial charge in [0.25, 0.3) is 0 Å². The molecule has 2 nitrogen and oxygen atoms in total. The topological polar surface area (TPSA) is 18.5 Å². The Labute approximate surface area is 128 Å². The van der Waals surface area contributed by atoms with E-state index in [1.807, 2.05) is 6.08 Å². The Balaban J connectivity index is 1.99. The minimum absolute atomic E-state index is 0.613. The Hall–Kier alpha value is -2.74. The molecule has 2 aliphatic heterocycles. The van der Waals surface area contributed by atoms with E-state index < -0.39 is 0 Å². The smallest absolute Gasteiger partial charge is 0.139 e. The van der Waals surface area contributed by atoms with Crippen LogP contribution in [0.5, 0.6) is 11.5 Å². The van der Waals surface area contributed by atoms with Crippen molar-refractivity contribution < 1.29 is 9.47 Å². The Bertz CT molecular complexity index is 938. The summed E-state index contributed by atoms with van der Waals surface area (Å²) in [5.74, 6) is 1.89. The molecular formula is C20H14O2. The highest BCUT2D eigenvalue weighted by Gasteiger charge is 2.26. The monoisotopic (exact) mass is 286 g/mol. The maximum absolute atomic E-state index is 6.13. The van der Waals surface area contributed by atoms with Gasteiger partial charge in [-0.15, -0.1) is 0 Å². The molecule has 2 aliphatic rings. The van der Waals surface area contributed by atoms with Crippen LogP contribution in [0.3, 0.4) is 0 Å². The molecule has 0 radical (unpaired) electrons. The van der Waals surface area contributed by atoms with Gasteiger partial charge in [-0.1, -0.05) is 48.5 Å². The van der Waals surface area contributed by atoms with E-state index in [0.717, 1.165) is 22.4 Å². The molecule has 0 saturated carbocycles. The van der Waals surface area contributed by atoms with Crippen LogP contribution < -0.4 is 9.47 Å². The minimum Gasteiger partial charge on any atom is -0.488 e. The number of fused-ring (bicyclic) bond motifs is 8. The third-order valence-corrected chi connectivity index (χ3v) is 4.42. The van der Waals surface area contributed by atoms with Crippen molar-refractivity contribution in [1.29, 1.82) is 0 Å². The summed E-state index contributed by atoms with van der Waals surface area (Å²) in [5.41, 5.74) is 4.75. The first kappa shape index (κ1) is 11.9. The highest BCUT2D eigenvalue weighted by molar-refractivity contribution is 6.07. The normalized spacial score (nSPS) is 14.5. The van der Waals surface area contributed by atoms with Gasteiger partial charge < -0.3 is 9.47 Å². The quantitative estimate of drug-likeness (QED) is 0.590. The van der Waals surface area contributed by atoms with Gasteiger partial charge in [0, 0.05) is 10.9 Å². The molecule has 0 saturated heterocycles. The predicted molar refractivity (Wildman–Crippen MR) is 88.2 cm³/mol. The average Bonchev–Trinajstić information content (AvgIpc) is 2.61. The summed E-state index contributed by atoms with van der Waals surface area (Å²) in [6.45, 7) is 1.23. The van der Waals surface area contributed by atoms with Gasteiger partial charge >= 0.3 is 0 Å². The van der Waals surface area contributed by atoms with E-state index in [2.05, 4.69) is 54.6 Å². The summed E-state index contributed by atoms with van der Waals surface area (Å²) in [6.07, 6.45) is 4.17. The largest absolute Gasteiger partial charge is 0.488 e. The van der Waals surface area contributed by atoms with E-state index in [4.69, 9.17) is 9.47 Å². The summed E-state index contributed by atoms with van der Waals surface area (Å²) in [7, 11) is 0. The third kappa shape index (κ3) is 1.49. The zero-order valence-electron chi connectivity index (χ0n) is 12.0. The molecule has 5 rings (SSSR count). The van der Waals surface area contributed by atoms with Gasteiger partial charge in [0.15, 0.2) is 0 Å². The van der Waals surface area contributed by atoms with Crippen LogP contribution in [-0.2, 0) is 6.61 Å². The Kier molecular flexibility index (Phi) is 2.36. The first-order valence-corrected chi connectivity index (χ1v) is 7.52. The van der Waals surface area contributed by atoms with E-state index in [-0.39, 0.29) is 0 Å². The van der Waals surface area contributed by atoms with Crippen molar-refractivity contribution in [2.24, 2.45) is 0 Å². The lowest BCUT2D eigenvalue weighted by Gasteiger charge is -2.27. The second-order valence-electron chi connectivity index (χ2n) is 5.65.